The van der Waals surface area contributed by atoms with Gasteiger partial charge in [-0.2, -0.15) is 4.98 Å². The van der Waals surface area contributed by atoms with E-state index in [0.29, 0.717) is 33.6 Å². The Balaban J connectivity index is 1.34. The number of nitrogens with zero attached hydrogens (tertiary/aromatic N) is 4. The van der Waals surface area contributed by atoms with Gasteiger partial charge in [-0.3, -0.25) is 0 Å². The minimum atomic E-state index is -0.927. The molecule has 0 unspecified atom stereocenters. The Labute approximate surface area is 192 Å². The van der Waals surface area contributed by atoms with Crippen molar-refractivity contribution in [3.05, 3.63) is 89.6 Å². The summed E-state index contributed by atoms with van der Waals surface area (Å²) in [7, 11) is 1.91. The molecule has 2 N–H and O–H groups in total. The molecule has 0 radical (unpaired) electrons. The molecular weight excluding hydrogens is 446 g/mol. The number of fused-ring (bicyclic) bond motifs is 1. The van der Waals surface area contributed by atoms with Crippen LogP contribution in [-0.4, -0.2) is 27.0 Å². The van der Waals surface area contributed by atoms with Crippen LogP contribution in [0.3, 0.4) is 0 Å². The van der Waals surface area contributed by atoms with Crippen molar-refractivity contribution in [1.29, 1.82) is 0 Å². The van der Waals surface area contributed by atoms with Crippen LogP contribution >= 0.6 is 11.6 Å². The van der Waals surface area contributed by atoms with Gasteiger partial charge in [0.25, 0.3) is 0 Å². The van der Waals surface area contributed by atoms with E-state index in [0.717, 1.165) is 29.1 Å². The standard InChI is InChI=1S/C24H17ClF2N6/c1-33(17-8-4-15(25)5-9-17)22-10-11-28-24(32-22)29-16-6-2-14(3-7-16)23-30-20-12-18(26)19(27)13-21(20)31-23/h2-13H,1H3,(H,30,31)(H,28,29,32). The van der Waals surface area contributed by atoms with Crippen LogP contribution in [0.5, 0.6) is 0 Å². The first-order valence-electron chi connectivity index (χ1n) is 10.0. The van der Waals surface area contributed by atoms with Crippen LogP contribution in [0.4, 0.5) is 31.9 Å². The molecule has 0 fully saturated rings. The molecule has 2 aromatic heterocycles. The van der Waals surface area contributed by atoms with Crippen molar-refractivity contribution in [2.75, 3.05) is 17.3 Å². The SMILES string of the molecule is CN(c1ccc(Cl)cc1)c1ccnc(Nc2ccc(-c3nc4cc(F)c(F)cc4[nH]3)cc2)n1. The molecule has 5 aromatic rings. The van der Waals surface area contributed by atoms with E-state index in [4.69, 9.17) is 11.6 Å². The van der Waals surface area contributed by atoms with Gasteiger partial charge >= 0.3 is 0 Å². The summed E-state index contributed by atoms with van der Waals surface area (Å²) in [5, 5.41) is 3.85. The first-order chi connectivity index (χ1) is 16.0. The van der Waals surface area contributed by atoms with Crippen molar-refractivity contribution in [2.24, 2.45) is 0 Å². The third-order valence-corrected chi connectivity index (χ3v) is 5.39. The molecule has 0 saturated heterocycles. The molecule has 2 heterocycles. The number of anilines is 4. The van der Waals surface area contributed by atoms with Gasteiger partial charge in [0, 0.05) is 47.3 Å². The highest BCUT2D eigenvalue weighted by Gasteiger charge is 2.11. The Bertz CT molecular complexity index is 1400. The monoisotopic (exact) mass is 462 g/mol. The van der Waals surface area contributed by atoms with Crippen LogP contribution in [0.25, 0.3) is 22.4 Å². The van der Waals surface area contributed by atoms with Crippen LogP contribution in [0.2, 0.25) is 5.02 Å². The quantitative estimate of drug-likeness (QED) is 0.313. The number of hydrogen-bond donors (Lipinski definition) is 2. The van der Waals surface area contributed by atoms with Gasteiger partial charge in [0.1, 0.15) is 11.6 Å². The van der Waals surface area contributed by atoms with Gasteiger partial charge in [0.2, 0.25) is 5.95 Å². The number of nitrogens with one attached hydrogen (secondary N) is 2. The van der Waals surface area contributed by atoms with Crippen molar-refractivity contribution in [2.45, 2.75) is 0 Å². The predicted molar refractivity (Wildman–Crippen MR) is 126 cm³/mol. The van der Waals surface area contributed by atoms with Crippen molar-refractivity contribution in [3.8, 4) is 11.4 Å². The molecule has 0 aliphatic rings. The van der Waals surface area contributed by atoms with Gasteiger partial charge in [0.05, 0.1) is 11.0 Å². The second-order valence-electron chi connectivity index (χ2n) is 7.35. The summed E-state index contributed by atoms with van der Waals surface area (Å²) in [6, 6.07) is 18.9. The number of H-pyrrole nitrogens is 1. The maximum atomic E-state index is 13.5. The lowest BCUT2D eigenvalue weighted by Gasteiger charge is -2.18. The lowest BCUT2D eigenvalue weighted by atomic mass is 10.2. The lowest BCUT2D eigenvalue weighted by molar-refractivity contribution is 0.510. The molecule has 6 nitrogen and oxygen atoms in total. The molecule has 164 valence electrons. The van der Waals surface area contributed by atoms with Gasteiger partial charge in [0.15, 0.2) is 11.6 Å². The summed E-state index contributed by atoms with van der Waals surface area (Å²) in [5.74, 6) is -0.168. The van der Waals surface area contributed by atoms with E-state index in [9.17, 15) is 8.78 Å². The molecule has 0 amide bonds. The normalized spacial score (nSPS) is 11.0. The Morgan fingerprint density at radius 3 is 2.39 bits per heavy atom. The number of halogens is 3. The highest BCUT2D eigenvalue weighted by atomic mass is 35.5. The molecule has 3 aromatic carbocycles. The van der Waals surface area contributed by atoms with E-state index in [-0.39, 0.29) is 0 Å². The number of aromatic nitrogens is 4. The third-order valence-electron chi connectivity index (χ3n) is 5.14. The van der Waals surface area contributed by atoms with Gasteiger partial charge in [-0.1, -0.05) is 11.6 Å². The van der Waals surface area contributed by atoms with Crippen LogP contribution < -0.4 is 10.2 Å². The van der Waals surface area contributed by atoms with Gasteiger partial charge in [-0.25, -0.2) is 18.7 Å². The molecule has 0 atom stereocenters. The molecule has 0 spiro atoms. The first kappa shape index (κ1) is 20.8. The maximum Gasteiger partial charge on any atom is 0.229 e. The average Bonchev–Trinajstić information content (AvgIpc) is 3.22. The van der Waals surface area contributed by atoms with E-state index in [1.165, 1.54) is 0 Å². The molecule has 0 saturated carbocycles. The Kier molecular flexibility index (Phi) is 5.35. The minimum Gasteiger partial charge on any atom is -0.338 e. The van der Waals surface area contributed by atoms with Gasteiger partial charge in [-0.15, -0.1) is 0 Å². The summed E-state index contributed by atoms with van der Waals surface area (Å²) >= 11 is 5.97. The molecule has 0 bridgehead atoms. The summed E-state index contributed by atoms with van der Waals surface area (Å²) in [4.78, 5) is 18.1. The summed E-state index contributed by atoms with van der Waals surface area (Å²) in [6.45, 7) is 0. The van der Waals surface area contributed by atoms with Gasteiger partial charge < -0.3 is 15.2 Å². The fourth-order valence-corrected chi connectivity index (χ4v) is 3.50. The summed E-state index contributed by atoms with van der Waals surface area (Å²) in [5.41, 5.74) is 3.29. The van der Waals surface area contributed by atoms with Crippen molar-refractivity contribution in [1.82, 2.24) is 19.9 Å². The number of aromatic amines is 1. The highest BCUT2D eigenvalue weighted by molar-refractivity contribution is 6.30. The fraction of sp³-hybridized carbons (Fsp3) is 0.0417. The molecule has 33 heavy (non-hydrogen) atoms. The largest absolute Gasteiger partial charge is 0.338 e. The first-order valence-corrected chi connectivity index (χ1v) is 10.4. The van der Waals surface area contributed by atoms with Crippen molar-refractivity contribution < 1.29 is 8.78 Å². The number of imidazole rings is 1. The van der Waals surface area contributed by atoms with E-state index < -0.39 is 11.6 Å². The fourth-order valence-electron chi connectivity index (χ4n) is 3.38. The van der Waals surface area contributed by atoms with E-state index in [1.807, 2.05) is 66.5 Å². The zero-order valence-corrected chi connectivity index (χ0v) is 18.1. The van der Waals surface area contributed by atoms with Crippen LogP contribution in [0.15, 0.2) is 72.9 Å². The zero-order valence-electron chi connectivity index (χ0n) is 17.4. The number of rotatable bonds is 5. The van der Waals surface area contributed by atoms with Crippen molar-refractivity contribution >= 4 is 45.8 Å². The third kappa shape index (κ3) is 4.33. The maximum absolute atomic E-state index is 13.5. The summed E-state index contributed by atoms with van der Waals surface area (Å²) < 4.78 is 26.9. The highest BCUT2D eigenvalue weighted by Crippen LogP contribution is 2.26. The van der Waals surface area contributed by atoms with Gasteiger partial charge in [-0.05, 0) is 54.6 Å². The second kappa shape index (κ2) is 8.48. The second-order valence-corrected chi connectivity index (χ2v) is 7.78. The Morgan fingerprint density at radius 2 is 1.64 bits per heavy atom. The van der Waals surface area contributed by atoms with E-state index >= 15 is 0 Å². The molecule has 9 heteroatoms. The van der Waals surface area contributed by atoms with Crippen LogP contribution in [0.1, 0.15) is 0 Å². The van der Waals surface area contributed by atoms with Crippen molar-refractivity contribution in [3.63, 3.8) is 0 Å². The molecule has 0 aliphatic carbocycles. The molecular formula is C24H17ClF2N6. The number of benzene rings is 3. The van der Waals surface area contributed by atoms with E-state index in [1.54, 1.807) is 6.20 Å². The topological polar surface area (TPSA) is 69.7 Å². The van der Waals surface area contributed by atoms with Crippen LogP contribution in [0, 0.1) is 11.6 Å². The minimum absolute atomic E-state index is 0.362. The Hall–Kier alpha value is -4.04. The number of hydrogen-bond acceptors (Lipinski definition) is 5. The zero-order chi connectivity index (χ0) is 22.9. The lowest BCUT2D eigenvalue weighted by Crippen LogP contribution is -2.12. The molecule has 5 rings (SSSR count). The predicted octanol–water partition coefficient (Wildman–Crippen LogP) is 6.46. The van der Waals surface area contributed by atoms with Crippen LogP contribution in [-0.2, 0) is 0 Å². The smallest absolute Gasteiger partial charge is 0.229 e. The van der Waals surface area contributed by atoms with E-state index in [2.05, 4.69) is 25.3 Å². The Morgan fingerprint density at radius 1 is 0.909 bits per heavy atom. The molecule has 0 aliphatic heterocycles. The average molecular weight is 463 g/mol. The summed E-state index contributed by atoms with van der Waals surface area (Å²) in [6.07, 6.45) is 1.68.